The molecule has 0 heterocycles. The molecule has 2 N–H and O–H groups in total. The van der Waals surface area contributed by atoms with Gasteiger partial charge in [0.25, 0.3) is 0 Å². The number of ketones is 1. The van der Waals surface area contributed by atoms with Crippen molar-refractivity contribution in [1.82, 2.24) is 0 Å². The van der Waals surface area contributed by atoms with Gasteiger partial charge in [0.2, 0.25) is 0 Å². The first kappa shape index (κ1) is 29.6. The minimum atomic E-state index is -0.995. The molecule has 6 rings (SSSR count). The number of nitrogens with one attached hydrogen (secondary N) is 1. The average Bonchev–Trinajstić information content (AvgIpc) is 3.45. The van der Waals surface area contributed by atoms with Crippen molar-refractivity contribution in [2.24, 2.45) is 0 Å². The molecule has 0 saturated heterocycles. The van der Waals surface area contributed by atoms with E-state index in [4.69, 9.17) is 4.74 Å². The summed E-state index contributed by atoms with van der Waals surface area (Å²) < 4.78 is 6.12. The van der Waals surface area contributed by atoms with E-state index in [-0.39, 0.29) is 12.2 Å². The molecule has 45 heavy (non-hydrogen) atoms. The van der Waals surface area contributed by atoms with Gasteiger partial charge in [0.05, 0.1) is 0 Å². The number of carbonyl (C=O) groups excluding carboxylic acids is 1. The second-order valence-corrected chi connectivity index (χ2v) is 11.3. The summed E-state index contributed by atoms with van der Waals surface area (Å²) in [6, 6.07) is 37.9. The Morgan fingerprint density at radius 3 is 2.31 bits per heavy atom. The van der Waals surface area contributed by atoms with Crippen LogP contribution in [0.2, 0.25) is 0 Å². The van der Waals surface area contributed by atoms with Gasteiger partial charge in [0.1, 0.15) is 18.4 Å². The predicted octanol–water partition coefficient (Wildman–Crippen LogP) is 8.47. The number of benzene rings is 5. The Bertz CT molecular complexity index is 1860. The molecule has 5 heteroatoms. The van der Waals surface area contributed by atoms with Crippen molar-refractivity contribution < 1.29 is 19.4 Å². The third-order valence-electron chi connectivity index (χ3n) is 8.27. The number of anilines is 1. The van der Waals surface area contributed by atoms with Crippen LogP contribution in [0.15, 0.2) is 127 Å². The van der Waals surface area contributed by atoms with Gasteiger partial charge < -0.3 is 15.2 Å². The van der Waals surface area contributed by atoms with Crippen LogP contribution >= 0.6 is 0 Å². The van der Waals surface area contributed by atoms with Crippen LogP contribution in [0.25, 0.3) is 17.2 Å². The van der Waals surface area contributed by atoms with Gasteiger partial charge >= 0.3 is 5.97 Å². The molecule has 1 unspecified atom stereocenters. The lowest BCUT2D eigenvalue weighted by Crippen LogP contribution is -2.32. The number of hydrogen-bond donors (Lipinski definition) is 2. The number of carboxylic acids is 1. The van der Waals surface area contributed by atoms with E-state index in [1.165, 1.54) is 33.4 Å². The molecule has 0 amide bonds. The fourth-order valence-corrected chi connectivity index (χ4v) is 5.81. The number of aliphatic carboxylic acids is 1. The van der Waals surface area contributed by atoms with Gasteiger partial charge in [0.15, 0.2) is 5.78 Å². The van der Waals surface area contributed by atoms with Crippen LogP contribution in [0.4, 0.5) is 5.69 Å². The van der Waals surface area contributed by atoms with Crippen LogP contribution in [0.1, 0.15) is 51.5 Å². The molecule has 224 valence electrons. The average molecular weight is 594 g/mol. The van der Waals surface area contributed by atoms with Crippen LogP contribution in [0.3, 0.4) is 0 Å². The first-order chi connectivity index (χ1) is 22.0. The van der Waals surface area contributed by atoms with Crippen molar-refractivity contribution in [3.05, 3.63) is 160 Å². The summed E-state index contributed by atoms with van der Waals surface area (Å²) >= 11 is 0. The molecule has 5 aromatic rings. The molecule has 1 aliphatic carbocycles. The zero-order valence-electron chi connectivity index (χ0n) is 25.2. The Labute approximate surface area is 263 Å². The molecule has 5 aromatic carbocycles. The molecule has 1 aliphatic rings. The Balaban J connectivity index is 1.09. The lowest BCUT2D eigenvalue weighted by Gasteiger charge is -2.18. The Hall–Kier alpha value is -5.42. The SMILES string of the molecule is CCC(=Cc1ccc2c(c1)Cc1ccccc1-2)COc1ccc(CC(Nc2ccccc2C(=O)c2ccccc2)C(=O)O)cc1. The molecule has 0 fully saturated rings. The largest absolute Gasteiger partial charge is 0.489 e. The zero-order chi connectivity index (χ0) is 31.2. The number of para-hydroxylation sites is 1. The van der Waals surface area contributed by atoms with Crippen LogP contribution in [0, 0.1) is 0 Å². The van der Waals surface area contributed by atoms with Crippen molar-refractivity contribution in [3.63, 3.8) is 0 Å². The number of hydrogen-bond acceptors (Lipinski definition) is 4. The number of carbonyl (C=O) groups is 2. The zero-order valence-corrected chi connectivity index (χ0v) is 25.2. The summed E-state index contributed by atoms with van der Waals surface area (Å²) in [6.45, 7) is 2.60. The second kappa shape index (κ2) is 13.5. The smallest absolute Gasteiger partial charge is 0.326 e. The normalized spacial score (nSPS) is 12.6. The van der Waals surface area contributed by atoms with Crippen LogP contribution in [-0.4, -0.2) is 29.5 Å². The van der Waals surface area contributed by atoms with Crippen LogP contribution in [0.5, 0.6) is 5.75 Å². The standard InChI is InChI=1S/C40H35NO4/c1-2-27(22-29-18-21-35-32(23-29)25-31-12-6-7-13-34(31)35)26-45-33-19-16-28(17-20-33)24-38(40(43)44)41-37-15-9-8-14-36(37)39(42)30-10-4-3-5-11-30/h3-23,38,41H,2,24-26H2,1H3,(H,43,44). The monoisotopic (exact) mass is 593 g/mol. The highest BCUT2D eigenvalue weighted by Crippen LogP contribution is 2.37. The topological polar surface area (TPSA) is 75.6 Å². The highest BCUT2D eigenvalue weighted by Gasteiger charge is 2.22. The molecule has 0 bridgehead atoms. The van der Waals surface area contributed by atoms with E-state index in [2.05, 4.69) is 60.8 Å². The maximum atomic E-state index is 13.1. The molecular formula is C40H35NO4. The van der Waals surface area contributed by atoms with E-state index >= 15 is 0 Å². The van der Waals surface area contributed by atoms with Crippen molar-refractivity contribution in [3.8, 4) is 16.9 Å². The van der Waals surface area contributed by atoms with Gasteiger partial charge in [-0.15, -0.1) is 0 Å². The minimum absolute atomic E-state index is 0.161. The van der Waals surface area contributed by atoms with Crippen molar-refractivity contribution in [1.29, 1.82) is 0 Å². The third kappa shape index (κ3) is 6.89. The van der Waals surface area contributed by atoms with E-state index in [9.17, 15) is 14.7 Å². The fraction of sp³-hybridized carbons (Fsp3) is 0.150. The molecule has 0 aliphatic heterocycles. The van der Waals surface area contributed by atoms with Gasteiger partial charge in [-0.3, -0.25) is 4.79 Å². The Kier molecular flexibility index (Phi) is 8.88. The van der Waals surface area contributed by atoms with E-state index in [1.54, 1.807) is 36.4 Å². The maximum absolute atomic E-state index is 13.1. The molecule has 0 aromatic heterocycles. The summed E-state index contributed by atoms with van der Waals surface area (Å²) in [5.41, 5.74) is 10.1. The number of fused-ring (bicyclic) bond motifs is 3. The summed E-state index contributed by atoms with van der Waals surface area (Å²) in [4.78, 5) is 25.4. The molecule has 0 radical (unpaired) electrons. The Morgan fingerprint density at radius 1 is 0.822 bits per heavy atom. The second-order valence-electron chi connectivity index (χ2n) is 11.3. The first-order valence-electron chi connectivity index (χ1n) is 15.3. The van der Waals surface area contributed by atoms with E-state index in [0.717, 1.165) is 24.2 Å². The summed E-state index contributed by atoms with van der Waals surface area (Å²) in [5.74, 6) is -0.432. The number of ether oxygens (including phenoxy) is 1. The van der Waals surface area contributed by atoms with Crippen molar-refractivity contribution in [2.45, 2.75) is 32.2 Å². The Morgan fingerprint density at radius 2 is 1.53 bits per heavy atom. The first-order valence-corrected chi connectivity index (χ1v) is 15.3. The molecule has 5 nitrogen and oxygen atoms in total. The fourth-order valence-electron chi connectivity index (χ4n) is 5.81. The molecule has 1 atom stereocenters. The van der Waals surface area contributed by atoms with Crippen molar-refractivity contribution in [2.75, 3.05) is 11.9 Å². The van der Waals surface area contributed by atoms with Gasteiger partial charge in [-0.2, -0.15) is 0 Å². The molecule has 0 spiro atoms. The van der Waals surface area contributed by atoms with E-state index in [0.29, 0.717) is 23.4 Å². The van der Waals surface area contributed by atoms with Gasteiger partial charge in [-0.25, -0.2) is 4.79 Å². The van der Waals surface area contributed by atoms with Crippen LogP contribution < -0.4 is 10.1 Å². The van der Waals surface area contributed by atoms with Gasteiger partial charge in [-0.05, 0) is 76.1 Å². The summed E-state index contributed by atoms with van der Waals surface area (Å²) in [7, 11) is 0. The van der Waals surface area contributed by atoms with E-state index in [1.807, 2.05) is 42.5 Å². The predicted molar refractivity (Wildman–Crippen MR) is 180 cm³/mol. The van der Waals surface area contributed by atoms with Crippen molar-refractivity contribution >= 4 is 23.5 Å². The number of carboxylic acid groups (broad SMARTS) is 1. The highest BCUT2D eigenvalue weighted by molar-refractivity contribution is 6.12. The summed E-state index contributed by atoms with van der Waals surface area (Å²) in [6.07, 6.45) is 4.29. The lowest BCUT2D eigenvalue weighted by molar-refractivity contribution is -0.137. The third-order valence-corrected chi connectivity index (χ3v) is 8.27. The van der Waals surface area contributed by atoms with Crippen LogP contribution in [-0.2, 0) is 17.6 Å². The quantitative estimate of drug-likeness (QED) is 0.139. The lowest BCUT2D eigenvalue weighted by atomic mass is 10.00. The van der Waals surface area contributed by atoms with E-state index < -0.39 is 12.0 Å². The molecule has 0 saturated carbocycles. The summed E-state index contributed by atoms with van der Waals surface area (Å²) in [5, 5.41) is 13.1. The maximum Gasteiger partial charge on any atom is 0.326 e. The minimum Gasteiger partial charge on any atom is -0.489 e. The van der Waals surface area contributed by atoms with Gasteiger partial charge in [0, 0.05) is 23.2 Å². The highest BCUT2D eigenvalue weighted by atomic mass is 16.5. The van der Waals surface area contributed by atoms with Gasteiger partial charge in [-0.1, -0.05) is 110 Å². The molecular weight excluding hydrogens is 558 g/mol. The number of rotatable bonds is 12.